The Morgan fingerprint density at radius 3 is 2.83 bits per heavy atom. The molecule has 0 aliphatic carbocycles. The van der Waals surface area contributed by atoms with Crippen LogP contribution < -0.4 is 14.8 Å². The van der Waals surface area contributed by atoms with Crippen molar-refractivity contribution in [2.45, 2.75) is 18.3 Å². The van der Waals surface area contributed by atoms with Gasteiger partial charge in [-0.15, -0.1) is 11.8 Å². The van der Waals surface area contributed by atoms with Gasteiger partial charge in [-0.1, -0.05) is 0 Å². The van der Waals surface area contributed by atoms with Gasteiger partial charge < -0.3 is 14.6 Å². The molecule has 2 aliphatic rings. The zero-order valence-corrected chi connectivity index (χ0v) is 10.6. The molecule has 0 bridgehead atoms. The molecule has 0 spiro atoms. The van der Waals surface area contributed by atoms with Crippen LogP contribution in [0.15, 0.2) is 12.1 Å². The predicted octanol–water partition coefficient (Wildman–Crippen LogP) is 1.51. The minimum absolute atomic E-state index is 0.000556. The Hall–Kier alpha value is -1.40. The van der Waals surface area contributed by atoms with E-state index in [9.17, 15) is 4.79 Å². The van der Waals surface area contributed by atoms with Gasteiger partial charge in [-0.25, -0.2) is 0 Å². The fourth-order valence-electron chi connectivity index (χ4n) is 2.14. The number of ether oxygens (including phenoxy) is 2. The molecule has 96 valence electrons. The first-order chi connectivity index (χ1) is 8.65. The molecule has 3 rings (SSSR count). The lowest BCUT2D eigenvalue weighted by Crippen LogP contribution is -2.33. The molecule has 2 heterocycles. The zero-order valence-electron chi connectivity index (χ0n) is 9.80. The summed E-state index contributed by atoms with van der Waals surface area (Å²) < 4.78 is 10.7. The summed E-state index contributed by atoms with van der Waals surface area (Å²) >= 11 is 1.60. The molecule has 18 heavy (non-hydrogen) atoms. The van der Waals surface area contributed by atoms with Crippen LogP contribution in [0.3, 0.4) is 0 Å². The SMILES string of the molecule is Cc1cc2c(cc1[C@H]1N[C@H](C(=O)O)CS1)OCO2. The van der Waals surface area contributed by atoms with Crippen LogP contribution in [0.4, 0.5) is 0 Å². The Morgan fingerprint density at radius 2 is 2.17 bits per heavy atom. The van der Waals surface area contributed by atoms with E-state index in [0.29, 0.717) is 5.75 Å². The van der Waals surface area contributed by atoms with Gasteiger partial charge in [-0.3, -0.25) is 10.1 Å². The molecule has 0 amide bonds. The highest BCUT2D eigenvalue weighted by Crippen LogP contribution is 2.41. The van der Waals surface area contributed by atoms with Crippen molar-refractivity contribution in [1.82, 2.24) is 5.32 Å². The van der Waals surface area contributed by atoms with E-state index in [1.165, 1.54) is 0 Å². The second kappa shape index (κ2) is 4.37. The second-order valence-electron chi connectivity index (χ2n) is 4.33. The maximum Gasteiger partial charge on any atom is 0.321 e. The zero-order chi connectivity index (χ0) is 12.7. The Morgan fingerprint density at radius 1 is 1.44 bits per heavy atom. The third-order valence-electron chi connectivity index (χ3n) is 3.12. The van der Waals surface area contributed by atoms with Crippen molar-refractivity contribution in [2.75, 3.05) is 12.5 Å². The van der Waals surface area contributed by atoms with Crippen LogP contribution in [0.25, 0.3) is 0 Å². The second-order valence-corrected chi connectivity index (χ2v) is 5.47. The van der Waals surface area contributed by atoms with E-state index in [2.05, 4.69) is 5.32 Å². The quantitative estimate of drug-likeness (QED) is 0.846. The average Bonchev–Trinajstić information content (AvgIpc) is 2.94. The summed E-state index contributed by atoms with van der Waals surface area (Å²) in [6.07, 6.45) is 0. The number of carbonyl (C=O) groups is 1. The van der Waals surface area contributed by atoms with Crippen molar-refractivity contribution in [2.24, 2.45) is 0 Å². The van der Waals surface area contributed by atoms with E-state index in [-0.39, 0.29) is 12.2 Å². The number of fused-ring (bicyclic) bond motifs is 1. The summed E-state index contributed by atoms with van der Waals surface area (Å²) in [4.78, 5) is 10.9. The molecule has 5 nitrogen and oxygen atoms in total. The largest absolute Gasteiger partial charge is 0.480 e. The minimum Gasteiger partial charge on any atom is -0.480 e. The van der Waals surface area contributed by atoms with Crippen LogP contribution in [0.2, 0.25) is 0 Å². The number of benzene rings is 1. The lowest BCUT2D eigenvalue weighted by Gasteiger charge is -2.14. The standard InChI is InChI=1S/C12H13NO4S/c1-6-2-9-10(17-5-16-9)3-7(6)11-13-8(4-18-11)12(14)15/h2-3,8,11,13H,4-5H2,1H3,(H,14,15)/t8-,11-/m0/s1. The van der Waals surface area contributed by atoms with Gasteiger partial charge in [0.05, 0.1) is 5.37 Å². The number of nitrogens with one attached hydrogen (secondary N) is 1. The van der Waals surface area contributed by atoms with E-state index < -0.39 is 12.0 Å². The first kappa shape index (κ1) is 11.7. The molecular weight excluding hydrogens is 254 g/mol. The molecule has 0 saturated carbocycles. The number of carboxylic acids is 1. The fraction of sp³-hybridized carbons (Fsp3) is 0.417. The van der Waals surface area contributed by atoms with Crippen LogP contribution in [0.5, 0.6) is 11.5 Å². The van der Waals surface area contributed by atoms with Crippen LogP contribution in [-0.4, -0.2) is 29.7 Å². The summed E-state index contributed by atoms with van der Waals surface area (Å²) in [6, 6.07) is 3.39. The summed E-state index contributed by atoms with van der Waals surface area (Å²) in [5.41, 5.74) is 2.14. The van der Waals surface area contributed by atoms with E-state index >= 15 is 0 Å². The van der Waals surface area contributed by atoms with Crippen LogP contribution >= 0.6 is 11.8 Å². The van der Waals surface area contributed by atoms with Gasteiger partial charge in [0, 0.05) is 5.75 Å². The van der Waals surface area contributed by atoms with Gasteiger partial charge in [-0.05, 0) is 30.2 Å². The van der Waals surface area contributed by atoms with Crippen LogP contribution in [0, 0.1) is 6.92 Å². The Labute approximate surface area is 108 Å². The lowest BCUT2D eigenvalue weighted by atomic mass is 10.1. The fourth-order valence-corrected chi connectivity index (χ4v) is 3.45. The maximum atomic E-state index is 10.9. The first-order valence-electron chi connectivity index (χ1n) is 5.66. The maximum absolute atomic E-state index is 10.9. The van der Waals surface area contributed by atoms with Crippen molar-refractivity contribution in [3.8, 4) is 11.5 Å². The van der Waals surface area contributed by atoms with Gasteiger partial charge in [-0.2, -0.15) is 0 Å². The van der Waals surface area contributed by atoms with Crippen molar-refractivity contribution in [3.63, 3.8) is 0 Å². The number of aryl methyl sites for hydroxylation is 1. The predicted molar refractivity (Wildman–Crippen MR) is 67.1 cm³/mol. The van der Waals surface area contributed by atoms with Gasteiger partial charge >= 0.3 is 5.97 Å². The summed E-state index contributed by atoms with van der Waals surface area (Å²) in [5, 5.41) is 12.1. The van der Waals surface area contributed by atoms with E-state index in [1.807, 2.05) is 19.1 Å². The van der Waals surface area contributed by atoms with Crippen molar-refractivity contribution >= 4 is 17.7 Å². The Kier molecular flexibility index (Phi) is 2.83. The van der Waals surface area contributed by atoms with Gasteiger partial charge in [0.1, 0.15) is 6.04 Å². The molecule has 2 atom stereocenters. The summed E-state index contributed by atoms with van der Waals surface area (Å²) in [6.45, 7) is 2.24. The molecule has 0 aromatic heterocycles. The molecule has 1 aromatic carbocycles. The number of thioether (sulfide) groups is 1. The molecule has 1 saturated heterocycles. The number of hydrogen-bond donors (Lipinski definition) is 2. The normalized spacial score (nSPS) is 25.4. The van der Waals surface area contributed by atoms with Crippen molar-refractivity contribution in [1.29, 1.82) is 0 Å². The number of carboxylic acid groups (broad SMARTS) is 1. The van der Waals surface area contributed by atoms with E-state index in [4.69, 9.17) is 14.6 Å². The highest BCUT2D eigenvalue weighted by molar-refractivity contribution is 7.99. The molecule has 1 aromatic rings. The van der Waals surface area contributed by atoms with Crippen LogP contribution in [0.1, 0.15) is 16.5 Å². The topological polar surface area (TPSA) is 67.8 Å². The van der Waals surface area contributed by atoms with Gasteiger partial charge in [0.2, 0.25) is 6.79 Å². The first-order valence-corrected chi connectivity index (χ1v) is 6.70. The molecule has 0 unspecified atom stereocenters. The van der Waals surface area contributed by atoms with Gasteiger partial charge in [0.25, 0.3) is 0 Å². The molecule has 0 radical (unpaired) electrons. The molecule has 2 aliphatic heterocycles. The summed E-state index contributed by atoms with van der Waals surface area (Å²) in [5.74, 6) is 1.27. The number of rotatable bonds is 2. The third-order valence-corrected chi connectivity index (χ3v) is 4.37. The minimum atomic E-state index is -0.802. The monoisotopic (exact) mass is 267 g/mol. The van der Waals surface area contributed by atoms with E-state index in [1.54, 1.807) is 11.8 Å². The summed E-state index contributed by atoms with van der Waals surface area (Å²) in [7, 11) is 0. The highest BCUT2D eigenvalue weighted by Gasteiger charge is 2.32. The number of hydrogen-bond acceptors (Lipinski definition) is 5. The molecular formula is C12H13NO4S. The Balaban J connectivity index is 1.87. The van der Waals surface area contributed by atoms with Gasteiger partial charge in [0.15, 0.2) is 11.5 Å². The highest BCUT2D eigenvalue weighted by atomic mass is 32.2. The third kappa shape index (κ3) is 1.91. The molecule has 1 fully saturated rings. The van der Waals surface area contributed by atoms with Crippen molar-refractivity contribution < 1.29 is 19.4 Å². The smallest absolute Gasteiger partial charge is 0.321 e. The number of aliphatic carboxylic acids is 1. The van der Waals surface area contributed by atoms with E-state index in [0.717, 1.165) is 22.6 Å². The average molecular weight is 267 g/mol. The van der Waals surface area contributed by atoms with Crippen molar-refractivity contribution in [3.05, 3.63) is 23.3 Å². The Bertz CT molecular complexity index is 505. The lowest BCUT2D eigenvalue weighted by molar-refractivity contribution is -0.138. The molecule has 2 N–H and O–H groups in total. The molecule has 6 heteroatoms. The van der Waals surface area contributed by atoms with Crippen LogP contribution in [-0.2, 0) is 4.79 Å².